The second-order valence-electron chi connectivity index (χ2n) is 7.64. The minimum absolute atomic E-state index is 0.381. The molecule has 3 rings (SSSR count). The van der Waals surface area contributed by atoms with E-state index in [1.807, 2.05) is 0 Å². The van der Waals surface area contributed by atoms with Gasteiger partial charge < -0.3 is 5.73 Å². The fourth-order valence-corrected chi connectivity index (χ4v) is 4.33. The fraction of sp³-hybridized carbons (Fsp3) is 0.684. The van der Waals surface area contributed by atoms with E-state index in [0.717, 1.165) is 12.5 Å². The number of benzene rings is 1. The van der Waals surface area contributed by atoms with Gasteiger partial charge >= 0.3 is 0 Å². The summed E-state index contributed by atoms with van der Waals surface area (Å²) in [6, 6.07) is 4.75. The summed E-state index contributed by atoms with van der Waals surface area (Å²) in [5, 5.41) is 0. The van der Waals surface area contributed by atoms with Crippen molar-refractivity contribution in [2.45, 2.75) is 57.8 Å². The molecule has 120 valence electrons. The smallest absolute Gasteiger partial charge is 0.101 e. The molecule has 1 heterocycles. The quantitative estimate of drug-likeness (QED) is 0.816. The van der Waals surface area contributed by atoms with Crippen LogP contribution in [0.5, 0.6) is 0 Å². The normalized spacial score (nSPS) is 21.4. The lowest BCUT2D eigenvalue weighted by Gasteiger charge is -2.57. The van der Waals surface area contributed by atoms with E-state index in [2.05, 4.69) is 38.7 Å². The number of hydrogen-bond donors (Lipinski definition) is 1. The zero-order valence-electron chi connectivity index (χ0n) is 14.6. The lowest BCUT2D eigenvalue weighted by molar-refractivity contribution is -0.0559. The van der Waals surface area contributed by atoms with Gasteiger partial charge in [-0.15, -0.1) is 0 Å². The number of likely N-dealkylation sites (tertiary alicyclic amines) is 1. The predicted octanol–water partition coefficient (Wildman–Crippen LogP) is 2.25. The largest absolute Gasteiger partial charge is 0.329 e. The van der Waals surface area contributed by atoms with E-state index >= 15 is 0 Å². The molecule has 1 aromatic rings. The Hall–Kier alpha value is -0.795. The minimum atomic E-state index is 0.381. The van der Waals surface area contributed by atoms with Crippen LogP contribution in [0.3, 0.4) is 0 Å². The van der Waals surface area contributed by atoms with Crippen LogP contribution in [0.4, 0.5) is 0 Å². The lowest BCUT2D eigenvalue weighted by Crippen LogP contribution is -2.66. The Kier molecular flexibility index (Phi) is 4.65. The van der Waals surface area contributed by atoms with E-state index in [1.54, 1.807) is 5.56 Å². The molecular formula is C19H31BN2. The third-order valence-corrected chi connectivity index (χ3v) is 6.33. The third-order valence-electron chi connectivity index (χ3n) is 6.33. The molecule has 1 aromatic carbocycles. The number of hydrogen-bond acceptors (Lipinski definition) is 2. The van der Waals surface area contributed by atoms with Crippen LogP contribution in [0.15, 0.2) is 12.1 Å². The standard InChI is InChI=1S/C19H31BN2/c1-14-15(2)18(5-4-17(14)6-9-20)10-16-11-22(12-16)19(13-21)7-3-8-19/h4-5,16H,3,6-13,20-21H2,1-2H3. The number of aryl methyl sites for hydroxylation is 1. The van der Waals surface area contributed by atoms with E-state index in [1.165, 1.54) is 68.2 Å². The van der Waals surface area contributed by atoms with Crippen LogP contribution in [0.2, 0.25) is 6.32 Å². The first-order valence-electron chi connectivity index (χ1n) is 9.12. The second-order valence-corrected chi connectivity index (χ2v) is 7.64. The molecule has 1 saturated heterocycles. The van der Waals surface area contributed by atoms with E-state index in [0.29, 0.717) is 5.54 Å². The molecule has 1 saturated carbocycles. The Bertz CT molecular complexity index is 525. The topological polar surface area (TPSA) is 29.3 Å². The average molecular weight is 298 g/mol. The molecule has 0 bridgehead atoms. The summed E-state index contributed by atoms with van der Waals surface area (Å²) in [6.07, 6.45) is 7.70. The highest BCUT2D eigenvalue weighted by Gasteiger charge is 2.46. The van der Waals surface area contributed by atoms with Gasteiger partial charge in [-0.1, -0.05) is 18.5 Å². The van der Waals surface area contributed by atoms with Crippen molar-refractivity contribution >= 4 is 7.85 Å². The number of nitrogens with zero attached hydrogens (tertiary/aromatic N) is 1. The molecule has 2 aliphatic rings. The minimum Gasteiger partial charge on any atom is -0.329 e. The third kappa shape index (κ3) is 2.74. The van der Waals surface area contributed by atoms with Crippen LogP contribution in [0, 0.1) is 19.8 Å². The summed E-state index contributed by atoms with van der Waals surface area (Å²) in [7, 11) is 2.26. The van der Waals surface area contributed by atoms with Crippen LogP contribution < -0.4 is 5.73 Å². The monoisotopic (exact) mass is 298 g/mol. The van der Waals surface area contributed by atoms with E-state index in [9.17, 15) is 0 Å². The van der Waals surface area contributed by atoms with Gasteiger partial charge in [0.25, 0.3) is 0 Å². The van der Waals surface area contributed by atoms with Crippen LogP contribution in [-0.2, 0) is 12.8 Å². The maximum atomic E-state index is 6.02. The molecule has 2 nitrogen and oxygen atoms in total. The van der Waals surface area contributed by atoms with Crippen molar-refractivity contribution in [1.29, 1.82) is 0 Å². The van der Waals surface area contributed by atoms with Crippen LogP contribution >= 0.6 is 0 Å². The molecule has 2 N–H and O–H groups in total. The summed E-state index contributed by atoms with van der Waals surface area (Å²) < 4.78 is 0. The van der Waals surface area contributed by atoms with Gasteiger partial charge in [0, 0.05) is 25.2 Å². The van der Waals surface area contributed by atoms with Gasteiger partial charge in [0.2, 0.25) is 0 Å². The van der Waals surface area contributed by atoms with Crippen molar-refractivity contribution < 1.29 is 0 Å². The van der Waals surface area contributed by atoms with Crippen molar-refractivity contribution in [3.05, 3.63) is 34.4 Å². The molecule has 2 fully saturated rings. The van der Waals surface area contributed by atoms with Gasteiger partial charge in [-0.3, -0.25) is 4.90 Å². The first kappa shape index (κ1) is 16.1. The molecule has 3 heteroatoms. The van der Waals surface area contributed by atoms with Crippen molar-refractivity contribution in [2.75, 3.05) is 19.6 Å². The molecule has 22 heavy (non-hydrogen) atoms. The van der Waals surface area contributed by atoms with E-state index in [-0.39, 0.29) is 0 Å². The summed E-state index contributed by atoms with van der Waals surface area (Å²) in [4.78, 5) is 2.66. The zero-order chi connectivity index (χ0) is 15.7. The van der Waals surface area contributed by atoms with Gasteiger partial charge in [-0.2, -0.15) is 0 Å². The highest BCUT2D eigenvalue weighted by atomic mass is 15.3. The Labute approximate surface area is 136 Å². The number of nitrogens with two attached hydrogens (primary N) is 1. The van der Waals surface area contributed by atoms with Gasteiger partial charge in [0.05, 0.1) is 0 Å². The summed E-state index contributed by atoms with van der Waals surface area (Å²) in [5.74, 6) is 0.833. The number of rotatable bonds is 6. The van der Waals surface area contributed by atoms with Crippen LogP contribution in [0.25, 0.3) is 0 Å². The Balaban J connectivity index is 1.60. The highest BCUT2D eigenvalue weighted by Crippen LogP contribution is 2.41. The predicted molar refractivity (Wildman–Crippen MR) is 97.4 cm³/mol. The van der Waals surface area contributed by atoms with Gasteiger partial charge in [0.1, 0.15) is 7.85 Å². The average Bonchev–Trinajstić information content (AvgIpc) is 2.43. The van der Waals surface area contributed by atoms with Gasteiger partial charge in [0.15, 0.2) is 0 Å². The van der Waals surface area contributed by atoms with E-state index < -0.39 is 0 Å². The zero-order valence-corrected chi connectivity index (χ0v) is 14.6. The van der Waals surface area contributed by atoms with Crippen molar-refractivity contribution in [3.63, 3.8) is 0 Å². The van der Waals surface area contributed by atoms with Crippen LogP contribution in [-0.4, -0.2) is 37.9 Å². The summed E-state index contributed by atoms with van der Waals surface area (Å²) in [6.45, 7) is 7.98. The van der Waals surface area contributed by atoms with Gasteiger partial charge in [-0.05, 0) is 74.1 Å². The molecule has 1 aliphatic heterocycles. The second kappa shape index (κ2) is 6.37. The Morgan fingerprint density at radius 2 is 1.82 bits per heavy atom. The summed E-state index contributed by atoms with van der Waals surface area (Å²) in [5.41, 5.74) is 12.6. The van der Waals surface area contributed by atoms with E-state index in [4.69, 9.17) is 5.73 Å². The first-order valence-corrected chi connectivity index (χ1v) is 9.12. The fourth-order valence-electron chi connectivity index (χ4n) is 4.33. The van der Waals surface area contributed by atoms with Crippen molar-refractivity contribution in [1.82, 2.24) is 4.90 Å². The highest BCUT2D eigenvalue weighted by molar-refractivity contribution is 6.08. The van der Waals surface area contributed by atoms with Crippen LogP contribution in [0.1, 0.15) is 41.5 Å². The Morgan fingerprint density at radius 3 is 2.36 bits per heavy atom. The molecule has 0 spiro atoms. The van der Waals surface area contributed by atoms with Crippen molar-refractivity contribution in [2.24, 2.45) is 11.7 Å². The Morgan fingerprint density at radius 1 is 1.18 bits per heavy atom. The van der Waals surface area contributed by atoms with Gasteiger partial charge in [-0.25, -0.2) is 0 Å². The maximum Gasteiger partial charge on any atom is 0.101 e. The molecule has 0 aromatic heterocycles. The molecule has 0 amide bonds. The molecular weight excluding hydrogens is 267 g/mol. The van der Waals surface area contributed by atoms with Crippen molar-refractivity contribution in [3.8, 4) is 0 Å². The molecule has 0 atom stereocenters. The SMILES string of the molecule is BCCc1ccc(CC2CN(C3(CN)CCC3)C2)c(C)c1C. The first-order chi connectivity index (χ1) is 10.6. The maximum absolute atomic E-state index is 6.02. The summed E-state index contributed by atoms with van der Waals surface area (Å²) >= 11 is 0. The lowest BCUT2D eigenvalue weighted by atomic mass is 9.72. The molecule has 0 radical (unpaired) electrons. The molecule has 0 unspecified atom stereocenters. The molecule has 1 aliphatic carbocycles.